The molecule has 0 radical (unpaired) electrons. The lowest BCUT2D eigenvalue weighted by atomic mass is 10.4. The number of hydrogen-bond donors (Lipinski definition) is 3. The monoisotopic (exact) mass is 230 g/mol. The normalized spacial score (nSPS) is 10.1. The fourth-order valence-corrected chi connectivity index (χ4v) is 1.78. The first-order valence-electron chi connectivity index (χ1n) is 4.20. The van der Waals surface area contributed by atoms with Crippen LogP contribution in [0.2, 0.25) is 0 Å². The Hall–Kier alpha value is -1.50. The van der Waals surface area contributed by atoms with Gasteiger partial charge in [0.25, 0.3) is 5.56 Å². The number of hydrogen-bond acceptors (Lipinski definition) is 4. The number of aliphatic carboxylic acids is 1. The quantitative estimate of drug-likeness (QED) is 0.606. The summed E-state index contributed by atoms with van der Waals surface area (Å²) in [4.78, 5) is 36.4. The molecule has 0 aliphatic heterocycles. The van der Waals surface area contributed by atoms with Gasteiger partial charge in [0.05, 0.1) is 6.42 Å². The summed E-state index contributed by atoms with van der Waals surface area (Å²) in [6.07, 6.45) is 0.0675. The summed E-state index contributed by atoms with van der Waals surface area (Å²) in [6.45, 7) is 0. The Kier molecular flexibility index (Phi) is 4.17. The maximum atomic E-state index is 10.9. The number of H-pyrrole nitrogens is 2. The van der Waals surface area contributed by atoms with E-state index in [0.717, 1.165) is 0 Å². The van der Waals surface area contributed by atoms with Crippen LogP contribution in [0.1, 0.15) is 12.1 Å². The molecular formula is C8H10N2O4S. The van der Waals surface area contributed by atoms with Crippen LogP contribution in [0.3, 0.4) is 0 Å². The van der Waals surface area contributed by atoms with Crippen LogP contribution in [0, 0.1) is 0 Å². The molecule has 0 aliphatic carbocycles. The van der Waals surface area contributed by atoms with Crippen molar-refractivity contribution < 1.29 is 9.90 Å². The number of carboxylic acids is 1. The standard InChI is InChI=1S/C8H10N2O4S/c11-6-3-5(9-8(14)10-6)4-15-2-1-7(12)13/h3H,1-2,4H2,(H,12,13)(H2,9,10,11,14). The maximum Gasteiger partial charge on any atom is 0.325 e. The van der Waals surface area contributed by atoms with Crippen LogP contribution < -0.4 is 11.2 Å². The molecule has 0 atom stereocenters. The predicted molar refractivity (Wildman–Crippen MR) is 56.1 cm³/mol. The van der Waals surface area contributed by atoms with Crippen LogP contribution in [-0.2, 0) is 10.5 Å². The summed E-state index contributed by atoms with van der Waals surface area (Å²) < 4.78 is 0. The number of aromatic amines is 2. The minimum absolute atomic E-state index is 0.0675. The van der Waals surface area contributed by atoms with Crippen molar-refractivity contribution in [2.75, 3.05) is 5.75 Å². The lowest BCUT2D eigenvalue weighted by molar-refractivity contribution is -0.136. The number of nitrogens with one attached hydrogen (secondary N) is 2. The Labute approximate surface area is 88.7 Å². The van der Waals surface area contributed by atoms with Gasteiger partial charge in [-0.05, 0) is 0 Å². The predicted octanol–water partition coefficient (Wildman–Crippen LogP) is -0.229. The number of rotatable bonds is 5. The highest BCUT2D eigenvalue weighted by Crippen LogP contribution is 2.08. The Bertz CT molecular complexity index is 422. The first kappa shape index (κ1) is 11.6. The van der Waals surface area contributed by atoms with Crippen molar-refractivity contribution in [3.63, 3.8) is 0 Å². The summed E-state index contributed by atoms with van der Waals surface area (Å²) in [5, 5.41) is 8.37. The van der Waals surface area contributed by atoms with Crippen molar-refractivity contribution >= 4 is 17.7 Å². The summed E-state index contributed by atoms with van der Waals surface area (Å²) in [5.41, 5.74) is -0.497. The Morgan fingerprint density at radius 3 is 2.73 bits per heavy atom. The minimum Gasteiger partial charge on any atom is -0.481 e. The summed E-state index contributed by atoms with van der Waals surface area (Å²) in [7, 11) is 0. The number of aromatic nitrogens is 2. The van der Waals surface area contributed by atoms with Crippen molar-refractivity contribution in [3.05, 3.63) is 32.6 Å². The van der Waals surface area contributed by atoms with Crippen LogP contribution in [0.4, 0.5) is 0 Å². The lowest BCUT2D eigenvalue weighted by Gasteiger charge is -1.98. The molecular weight excluding hydrogens is 220 g/mol. The van der Waals surface area contributed by atoms with E-state index in [1.54, 1.807) is 0 Å². The molecule has 0 saturated carbocycles. The molecule has 0 unspecified atom stereocenters. The van der Waals surface area contributed by atoms with Crippen molar-refractivity contribution in [2.45, 2.75) is 12.2 Å². The smallest absolute Gasteiger partial charge is 0.325 e. The third-order valence-corrected chi connectivity index (χ3v) is 2.54. The van der Waals surface area contributed by atoms with Crippen molar-refractivity contribution in [1.82, 2.24) is 9.97 Å². The van der Waals surface area contributed by atoms with Gasteiger partial charge in [-0.25, -0.2) is 4.79 Å². The number of carbonyl (C=O) groups is 1. The van der Waals surface area contributed by atoms with Gasteiger partial charge in [-0.3, -0.25) is 14.6 Å². The van der Waals surface area contributed by atoms with Gasteiger partial charge in [-0.1, -0.05) is 0 Å². The molecule has 0 saturated heterocycles. The van der Waals surface area contributed by atoms with E-state index in [0.29, 0.717) is 17.2 Å². The van der Waals surface area contributed by atoms with Crippen LogP contribution in [0.5, 0.6) is 0 Å². The molecule has 82 valence electrons. The van der Waals surface area contributed by atoms with Crippen LogP contribution in [0.25, 0.3) is 0 Å². The average Bonchev–Trinajstić information content (AvgIpc) is 2.10. The van der Waals surface area contributed by atoms with Crippen LogP contribution in [-0.4, -0.2) is 26.8 Å². The first-order chi connectivity index (χ1) is 7.08. The molecule has 3 N–H and O–H groups in total. The number of thioether (sulfide) groups is 1. The molecule has 0 aromatic carbocycles. The van der Waals surface area contributed by atoms with Gasteiger partial charge in [0, 0.05) is 23.3 Å². The second-order valence-corrected chi connectivity index (χ2v) is 3.91. The van der Waals surface area contributed by atoms with E-state index in [9.17, 15) is 14.4 Å². The van der Waals surface area contributed by atoms with E-state index >= 15 is 0 Å². The van der Waals surface area contributed by atoms with Crippen molar-refractivity contribution in [1.29, 1.82) is 0 Å². The highest BCUT2D eigenvalue weighted by molar-refractivity contribution is 7.98. The van der Waals surface area contributed by atoms with Crippen molar-refractivity contribution in [3.8, 4) is 0 Å². The van der Waals surface area contributed by atoms with Crippen LogP contribution in [0.15, 0.2) is 15.7 Å². The molecule has 1 heterocycles. The third-order valence-electron chi connectivity index (χ3n) is 1.53. The topological polar surface area (TPSA) is 103 Å². The molecule has 0 amide bonds. The second kappa shape index (κ2) is 5.40. The molecule has 7 heteroatoms. The van der Waals surface area contributed by atoms with E-state index in [4.69, 9.17) is 5.11 Å². The second-order valence-electron chi connectivity index (χ2n) is 2.81. The number of carboxylic acid groups (broad SMARTS) is 1. The SMILES string of the molecule is O=C(O)CCSCc1cc(=O)[nH]c(=O)[nH]1. The molecule has 1 aromatic rings. The molecule has 1 rings (SSSR count). The van der Waals surface area contributed by atoms with Gasteiger partial charge in [-0.15, -0.1) is 0 Å². The lowest BCUT2D eigenvalue weighted by Crippen LogP contribution is -2.22. The maximum absolute atomic E-state index is 10.9. The van der Waals surface area contributed by atoms with E-state index in [1.165, 1.54) is 17.8 Å². The Morgan fingerprint density at radius 1 is 1.40 bits per heavy atom. The molecule has 0 spiro atoms. The molecule has 0 aliphatic rings. The molecule has 0 fully saturated rings. The zero-order valence-corrected chi connectivity index (χ0v) is 8.60. The van der Waals surface area contributed by atoms with E-state index in [1.807, 2.05) is 4.98 Å². The van der Waals surface area contributed by atoms with Crippen molar-refractivity contribution in [2.24, 2.45) is 0 Å². The zero-order valence-electron chi connectivity index (χ0n) is 7.78. The average molecular weight is 230 g/mol. The van der Waals surface area contributed by atoms with Gasteiger partial charge in [0.2, 0.25) is 0 Å². The van der Waals surface area contributed by atoms with Gasteiger partial charge in [0.15, 0.2) is 0 Å². The summed E-state index contributed by atoms with van der Waals surface area (Å²) in [5.74, 6) is 0.0123. The van der Waals surface area contributed by atoms with Gasteiger partial charge in [-0.2, -0.15) is 11.8 Å². The summed E-state index contributed by atoms with van der Waals surface area (Å²) in [6, 6.07) is 1.29. The van der Waals surface area contributed by atoms with Gasteiger partial charge >= 0.3 is 11.7 Å². The Morgan fingerprint density at radius 2 is 2.13 bits per heavy atom. The van der Waals surface area contributed by atoms with Gasteiger partial charge in [0.1, 0.15) is 0 Å². The molecule has 1 aromatic heterocycles. The highest BCUT2D eigenvalue weighted by Gasteiger charge is 1.99. The third kappa shape index (κ3) is 4.50. The molecule has 0 bridgehead atoms. The minimum atomic E-state index is -0.859. The molecule has 6 nitrogen and oxygen atoms in total. The largest absolute Gasteiger partial charge is 0.481 e. The first-order valence-corrected chi connectivity index (χ1v) is 5.35. The zero-order chi connectivity index (χ0) is 11.3. The Balaban J connectivity index is 2.47. The van der Waals surface area contributed by atoms with Crippen LogP contribution >= 0.6 is 11.8 Å². The van der Waals surface area contributed by atoms with E-state index < -0.39 is 17.2 Å². The highest BCUT2D eigenvalue weighted by atomic mass is 32.2. The van der Waals surface area contributed by atoms with E-state index in [2.05, 4.69) is 4.98 Å². The fourth-order valence-electron chi connectivity index (χ4n) is 0.939. The van der Waals surface area contributed by atoms with E-state index in [-0.39, 0.29) is 6.42 Å². The molecule has 15 heavy (non-hydrogen) atoms. The van der Waals surface area contributed by atoms with Gasteiger partial charge < -0.3 is 10.1 Å². The fraction of sp³-hybridized carbons (Fsp3) is 0.375. The summed E-state index contributed by atoms with van der Waals surface area (Å²) >= 11 is 1.35.